The third-order valence-electron chi connectivity index (χ3n) is 3.46. The molecule has 5 nitrogen and oxygen atoms in total. The van der Waals surface area contributed by atoms with E-state index in [4.69, 9.17) is 22.1 Å². The van der Waals surface area contributed by atoms with Gasteiger partial charge in [-0.15, -0.1) is 0 Å². The van der Waals surface area contributed by atoms with Crippen LogP contribution in [0.2, 0.25) is 0 Å². The molecule has 4 N–H and O–H groups in total. The van der Waals surface area contributed by atoms with E-state index in [1.54, 1.807) is 63.2 Å². The maximum Gasteiger partial charge on any atom is 0.407 e. The van der Waals surface area contributed by atoms with Gasteiger partial charge in [0, 0.05) is 23.4 Å². The van der Waals surface area contributed by atoms with Crippen LogP contribution in [0.5, 0.6) is 0 Å². The molecule has 2 aromatic rings. The summed E-state index contributed by atoms with van der Waals surface area (Å²) >= 11 is 6.38. The molecule has 0 bridgehead atoms. The highest BCUT2D eigenvalue weighted by Crippen LogP contribution is 2.37. The van der Waals surface area contributed by atoms with E-state index >= 15 is 0 Å². The van der Waals surface area contributed by atoms with Gasteiger partial charge in [-0.2, -0.15) is 0 Å². The number of para-hydroxylation sites is 1. The summed E-state index contributed by atoms with van der Waals surface area (Å²) in [7, 11) is 0. The van der Waals surface area contributed by atoms with Gasteiger partial charge in [-0.1, -0.05) is 48.0 Å². The summed E-state index contributed by atoms with van der Waals surface area (Å²) in [4.78, 5) is 11.8. The van der Waals surface area contributed by atoms with Gasteiger partial charge in [0.25, 0.3) is 0 Å². The van der Waals surface area contributed by atoms with E-state index in [-0.39, 0.29) is 6.54 Å². The van der Waals surface area contributed by atoms with Crippen LogP contribution in [0.3, 0.4) is 0 Å². The number of halogens is 1. The Balaban J connectivity index is 2.16. The fourth-order valence-electron chi connectivity index (χ4n) is 2.33. The Hall–Kier alpha value is -2.24. The van der Waals surface area contributed by atoms with E-state index in [9.17, 15) is 9.90 Å². The molecule has 0 saturated carbocycles. The van der Waals surface area contributed by atoms with Crippen LogP contribution in [0.25, 0.3) is 0 Å². The summed E-state index contributed by atoms with van der Waals surface area (Å²) < 4.78 is 5.20. The Morgan fingerprint density at radius 3 is 2.52 bits per heavy atom. The van der Waals surface area contributed by atoms with Crippen LogP contribution in [0.1, 0.15) is 37.5 Å². The maximum atomic E-state index is 11.8. The van der Waals surface area contributed by atoms with Crippen molar-refractivity contribution < 1.29 is 14.6 Å². The van der Waals surface area contributed by atoms with E-state index in [2.05, 4.69) is 5.32 Å². The number of nitrogen functional groups attached to an aromatic ring is 1. The molecule has 0 saturated heterocycles. The minimum atomic E-state index is -1.76. The van der Waals surface area contributed by atoms with E-state index in [0.717, 1.165) is 5.56 Å². The van der Waals surface area contributed by atoms with E-state index < -0.39 is 16.8 Å². The first-order chi connectivity index (χ1) is 11.6. The lowest BCUT2D eigenvalue weighted by molar-refractivity contribution is 0.0523. The van der Waals surface area contributed by atoms with E-state index in [1.807, 2.05) is 6.07 Å². The number of amides is 1. The van der Waals surface area contributed by atoms with Gasteiger partial charge in [-0.05, 0) is 38.5 Å². The summed E-state index contributed by atoms with van der Waals surface area (Å²) in [5, 5.41) is 11.7. The first kappa shape index (κ1) is 19.1. The molecule has 0 aromatic heterocycles. The quantitative estimate of drug-likeness (QED) is 0.571. The van der Waals surface area contributed by atoms with Crippen molar-refractivity contribution in [3.05, 3.63) is 65.2 Å². The maximum absolute atomic E-state index is 11.8. The van der Waals surface area contributed by atoms with Gasteiger partial charge in [0.2, 0.25) is 0 Å². The predicted molar refractivity (Wildman–Crippen MR) is 99.2 cm³/mol. The molecule has 1 amide bonds. The van der Waals surface area contributed by atoms with Crippen molar-refractivity contribution in [3.63, 3.8) is 0 Å². The molecular weight excluding hydrogens is 340 g/mol. The summed E-state index contributed by atoms with van der Waals surface area (Å²) in [5.41, 5.74) is 7.41. The lowest BCUT2D eigenvalue weighted by atomic mass is 9.97. The molecule has 0 aliphatic rings. The van der Waals surface area contributed by atoms with Gasteiger partial charge >= 0.3 is 6.09 Å². The fraction of sp³-hybridized carbons (Fsp3) is 0.316. The van der Waals surface area contributed by atoms with Crippen LogP contribution in [0.4, 0.5) is 10.5 Å². The summed E-state index contributed by atoms with van der Waals surface area (Å²) in [5.74, 6) is 0. The molecule has 6 heteroatoms. The van der Waals surface area contributed by atoms with Gasteiger partial charge < -0.3 is 20.9 Å². The summed E-state index contributed by atoms with van der Waals surface area (Å²) in [6.07, 6.45) is -0.508. The number of aliphatic hydroxyl groups is 1. The highest BCUT2D eigenvalue weighted by Gasteiger charge is 2.30. The molecule has 2 rings (SSSR count). The van der Waals surface area contributed by atoms with Crippen molar-refractivity contribution in [2.24, 2.45) is 0 Å². The molecule has 25 heavy (non-hydrogen) atoms. The van der Waals surface area contributed by atoms with Crippen molar-refractivity contribution in [2.75, 3.05) is 5.73 Å². The number of rotatable bonds is 4. The molecule has 0 radical (unpaired) electrons. The van der Waals surface area contributed by atoms with Gasteiger partial charge in [-0.3, -0.25) is 0 Å². The fourth-order valence-corrected chi connectivity index (χ4v) is 2.62. The molecular formula is C19H23ClN2O3. The van der Waals surface area contributed by atoms with Crippen LogP contribution in [-0.4, -0.2) is 16.8 Å². The third kappa shape index (κ3) is 5.11. The minimum absolute atomic E-state index is 0.250. The second-order valence-corrected chi connectivity index (χ2v) is 7.31. The number of ether oxygens (including phenoxy) is 1. The number of alkyl halides is 1. The normalized spacial score (nSPS) is 13.8. The van der Waals surface area contributed by atoms with Crippen molar-refractivity contribution in [3.8, 4) is 0 Å². The van der Waals surface area contributed by atoms with Crippen LogP contribution in [0, 0.1) is 0 Å². The summed E-state index contributed by atoms with van der Waals surface area (Å²) in [6, 6.07) is 13.9. The number of carbonyl (C=O) groups excluding carboxylic acids is 1. The van der Waals surface area contributed by atoms with Crippen LogP contribution in [0.15, 0.2) is 48.5 Å². The largest absolute Gasteiger partial charge is 0.444 e. The average molecular weight is 363 g/mol. The van der Waals surface area contributed by atoms with Gasteiger partial charge in [0.15, 0.2) is 5.06 Å². The zero-order valence-electron chi connectivity index (χ0n) is 14.5. The molecule has 134 valence electrons. The second-order valence-electron chi connectivity index (χ2n) is 6.77. The van der Waals surface area contributed by atoms with Crippen molar-refractivity contribution in [1.82, 2.24) is 5.32 Å². The van der Waals surface area contributed by atoms with Gasteiger partial charge in [-0.25, -0.2) is 4.79 Å². The topological polar surface area (TPSA) is 84.6 Å². The molecule has 0 aliphatic carbocycles. The number of nitrogens with one attached hydrogen (secondary N) is 1. The molecule has 0 aliphatic heterocycles. The van der Waals surface area contributed by atoms with Gasteiger partial charge in [0.1, 0.15) is 5.60 Å². The Kier molecular flexibility index (Phi) is 5.60. The molecule has 1 unspecified atom stereocenters. The number of benzene rings is 2. The lowest BCUT2D eigenvalue weighted by Gasteiger charge is -2.24. The molecule has 0 fully saturated rings. The lowest BCUT2D eigenvalue weighted by Crippen LogP contribution is -2.32. The van der Waals surface area contributed by atoms with Crippen molar-refractivity contribution >= 4 is 23.4 Å². The molecule has 2 aromatic carbocycles. The van der Waals surface area contributed by atoms with Crippen molar-refractivity contribution in [2.45, 2.75) is 38.0 Å². The highest BCUT2D eigenvalue weighted by atomic mass is 35.5. The van der Waals surface area contributed by atoms with Gasteiger partial charge in [0.05, 0.1) is 0 Å². The number of alkyl carbamates (subject to hydrolysis) is 1. The average Bonchev–Trinajstić information content (AvgIpc) is 2.52. The number of nitrogens with two attached hydrogens (primary N) is 1. The third-order valence-corrected chi connectivity index (χ3v) is 3.88. The first-order valence-corrected chi connectivity index (χ1v) is 8.30. The Labute approximate surface area is 152 Å². The predicted octanol–water partition coefficient (Wildman–Crippen LogP) is 3.73. The van der Waals surface area contributed by atoms with Crippen LogP contribution < -0.4 is 11.1 Å². The SMILES string of the molecule is CC(C)(C)OC(=O)NCc1cccc(C(O)(Cl)c2ccccc2N)c1. The Morgan fingerprint density at radius 1 is 1.20 bits per heavy atom. The number of carbonyl (C=O) groups is 1. The van der Waals surface area contributed by atoms with Crippen LogP contribution in [-0.2, 0) is 16.3 Å². The van der Waals surface area contributed by atoms with E-state index in [0.29, 0.717) is 16.8 Å². The van der Waals surface area contributed by atoms with Crippen LogP contribution >= 0.6 is 11.6 Å². The van der Waals surface area contributed by atoms with E-state index in [1.165, 1.54) is 0 Å². The zero-order chi connectivity index (χ0) is 18.7. The summed E-state index contributed by atoms with van der Waals surface area (Å²) in [6.45, 7) is 5.64. The molecule has 0 heterocycles. The second kappa shape index (κ2) is 7.33. The van der Waals surface area contributed by atoms with Crippen molar-refractivity contribution in [1.29, 1.82) is 0 Å². The number of hydrogen-bond donors (Lipinski definition) is 3. The monoisotopic (exact) mass is 362 g/mol. The Morgan fingerprint density at radius 2 is 1.88 bits per heavy atom. The first-order valence-electron chi connectivity index (χ1n) is 7.92. The standard InChI is InChI=1S/C19H23ClN2O3/c1-18(2,3)25-17(23)22-12-13-7-6-8-14(11-13)19(20,24)15-9-4-5-10-16(15)21/h4-11,24H,12,21H2,1-3H3,(H,22,23). The number of anilines is 1. The zero-order valence-corrected chi connectivity index (χ0v) is 15.3. The highest BCUT2D eigenvalue weighted by molar-refractivity contribution is 6.25. The minimum Gasteiger partial charge on any atom is -0.444 e. The molecule has 1 atom stereocenters. The smallest absolute Gasteiger partial charge is 0.407 e. The molecule has 0 spiro atoms. The Bertz CT molecular complexity index is 754. The number of hydrogen-bond acceptors (Lipinski definition) is 4.